The molecule has 0 unspecified atom stereocenters. The van der Waals surface area contributed by atoms with Crippen LogP contribution < -0.4 is 5.73 Å². The molecule has 0 aliphatic rings. The second-order valence-corrected chi connectivity index (χ2v) is 2.65. The Kier molecular flexibility index (Phi) is 2.88. The van der Waals surface area contributed by atoms with Gasteiger partial charge in [0.2, 0.25) is 0 Å². The van der Waals surface area contributed by atoms with E-state index in [1.165, 1.54) is 12.1 Å². The summed E-state index contributed by atoms with van der Waals surface area (Å²) in [6.07, 6.45) is 0. The molecule has 0 radical (unpaired) electrons. The Hall–Kier alpha value is -1.53. The molecule has 0 atom stereocenters. The first-order chi connectivity index (χ1) is 6.09. The number of hydrogen-bond acceptors (Lipinski definition) is 1. The quantitative estimate of drug-likeness (QED) is 0.627. The van der Waals surface area contributed by atoms with E-state index in [-0.39, 0.29) is 5.02 Å². The molecule has 0 aliphatic carbocycles. The molecule has 1 aromatic carbocycles. The summed E-state index contributed by atoms with van der Waals surface area (Å²) in [5.74, 6) is 3.15. The maximum Gasteiger partial charge on any atom is 0.293 e. The molecule has 1 rings (SSSR count). The van der Waals surface area contributed by atoms with Gasteiger partial charge in [-0.25, -0.2) is 4.39 Å². The van der Waals surface area contributed by atoms with Crippen LogP contribution in [0.1, 0.15) is 5.56 Å². The first kappa shape index (κ1) is 9.56. The number of carbonyl (C=O) groups excluding carboxylic acids is 1. The molecule has 4 heteroatoms. The highest BCUT2D eigenvalue weighted by Gasteiger charge is 1.98. The highest BCUT2D eigenvalue weighted by Crippen LogP contribution is 2.14. The van der Waals surface area contributed by atoms with E-state index < -0.39 is 11.7 Å². The Balaban J connectivity index is 3.00. The van der Waals surface area contributed by atoms with Crippen LogP contribution in [0.5, 0.6) is 0 Å². The molecule has 1 aromatic rings. The zero-order valence-corrected chi connectivity index (χ0v) is 7.23. The number of primary amides is 1. The number of carbonyl (C=O) groups is 1. The zero-order chi connectivity index (χ0) is 9.84. The van der Waals surface area contributed by atoms with Gasteiger partial charge in [0.1, 0.15) is 5.82 Å². The van der Waals surface area contributed by atoms with E-state index in [1.807, 2.05) is 0 Å². The summed E-state index contributed by atoms with van der Waals surface area (Å²) >= 11 is 5.43. The fraction of sp³-hybridized carbons (Fsp3) is 0. The van der Waals surface area contributed by atoms with Crippen LogP contribution in [0.4, 0.5) is 4.39 Å². The Morgan fingerprint density at radius 1 is 1.54 bits per heavy atom. The number of nitrogens with two attached hydrogens (primary N) is 1. The van der Waals surface area contributed by atoms with Gasteiger partial charge in [-0.2, -0.15) is 0 Å². The van der Waals surface area contributed by atoms with Gasteiger partial charge in [0, 0.05) is 5.56 Å². The third-order valence-corrected chi connectivity index (χ3v) is 1.56. The highest BCUT2D eigenvalue weighted by atomic mass is 35.5. The van der Waals surface area contributed by atoms with E-state index in [2.05, 4.69) is 11.8 Å². The van der Waals surface area contributed by atoms with Gasteiger partial charge in [-0.3, -0.25) is 4.79 Å². The minimum Gasteiger partial charge on any atom is -0.359 e. The third-order valence-electron chi connectivity index (χ3n) is 1.25. The second-order valence-electron chi connectivity index (χ2n) is 2.24. The van der Waals surface area contributed by atoms with Crippen molar-refractivity contribution in [2.45, 2.75) is 0 Å². The fourth-order valence-electron chi connectivity index (χ4n) is 0.708. The van der Waals surface area contributed by atoms with Gasteiger partial charge in [0.05, 0.1) is 5.02 Å². The number of halogens is 2. The predicted octanol–water partition coefficient (Wildman–Crippen LogP) is 1.32. The van der Waals surface area contributed by atoms with Gasteiger partial charge in [0.15, 0.2) is 0 Å². The fourth-order valence-corrected chi connectivity index (χ4v) is 0.825. The van der Waals surface area contributed by atoms with E-state index in [1.54, 1.807) is 0 Å². The molecule has 0 bridgehead atoms. The van der Waals surface area contributed by atoms with Crippen LogP contribution in [0.25, 0.3) is 0 Å². The lowest BCUT2D eigenvalue weighted by molar-refractivity contribution is -0.112. The first-order valence-electron chi connectivity index (χ1n) is 3.36. The average Bonchev–Trinajstić information content (AvgIpc) is 2.07. The van der Waals surface area contributed by atoms with Gasteiger partial charge < -0.3 is 5.73 Å². The summed E-state index contributed by atoms with van der Waals surface area (Å²) in [6.45, 7) is 0. The Bertz CT molecular complexity index is 406. The van der Waals surface area contributed by atoms with Gasteiger partial charge >= 0.3 is 0 Å². The van der Waals surface area contributed by atoms with Crippen LogP contribution in [0, 0.1) is 17.7 Å². The van der Waals surface area contributed by atoms with Crippen LogP contribution in [-0.2, 0) is 4.79 Å². The topological polar surface area (TPSA) is 43.1 Å². The SMILES string of the molecule is NC(=O)C#Cc1ccc(Cl)c(F)c1. The standard InChI is InChI=1S/C9H5ClFNO/c10-7-3-1-6(5-8(7)11)2-4-9(12)13/h1,3,5H,(H2,12,13). The second kappa shape index (κ2) is 3.92. The van der Waals surface area contributed by atoms with Crippen molar-refractivity contribution in [1.82, 2.24) is 0 Å². The Labute approximate surface area is 79.5 Å². The van der Waals surface area contributed by atoms with Crippen molar-refractivity contribution in [2.75, 3.05) is 0 Å². The molecule has 1 amide bonds. The summed E-state index contributed by atoms with van der Waals surface area (Å²) in [5.41, 5.74) is 5.14. The van der Waals surface area contributed by atoms with Crippen LogP contribution >= 0.6 is 11.6 Å². The van der Waals surface area contributed by atoms with Gasteiger partial charge in [-0.05, 0) is 24.1 Å². The van der Waals surface area contributed by atoms with E-state index in [9.17, 15) is 9.18 Å². The smallest absolute Gasteiger partial charge is 0.293 e. The minimum atomic E-state index is -0.754. The van der Waals surface area contributed by atoms with Gasteiger partial charge in [-0.1, -0.05) is 17.5 Å². The Morgan fingerprint density at radius 2 is 2.23 bits per heavy atom. The molecule has 13 heavy (non-hydrogen) atoms. The molecule has 0 saturated carbocycles. The molecular weight excluding hydrogens is 193 g/mol. The van der Waals surface area contributed by atoms with Crippen LogP contribution in [0.3, 0.4) is 0 Å². The maximum absolute atomic E-state index is 12.8. The normalized spacial score (nSPS) is 8.77. The van der Waals surface area contributed by atoms with E-state index >= 15 is 0 Å². The molecule has 0 spiro atoms. The zero-order valence-electron chi connectivity index (χ0n) is 6.47. The number of amides is 1. The number of benzene rings is 1. The van der Waals surface area contributed by atoms with Crippen LogP contribution in [0.15, 0.2) is 18.2 Å². The molecule has 0 heterocycles. The lowest BCUT2D eigenvalue weighted by Crippen LogP contribution is -2.06. The van der Waals surface area contributed by atoms with E-state index in [0.29, 0.717) is 5.56 Å². The molecule has 0 aliphatic heterocycles. The van der Waals surface area contributed by atoms with Crippen molar-refractivity contribution >= 4 is 17.5 Å². The lowest BCUT2D eigenvalue weighted by atomic mass is 10.2. The van der Waals surface area contributed by atoms with Crippen LogP contribution in [-0.4, -0.2) is 5.91 Å². The summed E-state index contributed by atoms with van der Waals surface area (Å²) in [5, 5.41) is 0.0182. The lowest BCUT2D eigenvalue weighted by Gasteiger charge is -1.93. The van der Waals surface area contributed by atoms with Crippen molar-refractivity contribution in [3.63, 3.8) is 0 Å². The van der Waals surface area contributed by atoms with Crippen molar-refractivity contribution in [2.24, 2.45) is 5.73 Å². The molecule has 0 aromatic heterocycles. The van der Waals surface area contributed by atoms with E-state index in [0.717, 1.165) is 6.07 Å². The molecule has 2 nitrogen and oxygen atoms in total. The van der Waals surface area contributed by atoms with E-state index in [4.69, 9.17) is 17.3 Å². The largest absolute Gasteiger partial charge is 0.359 e. The summed E-state index contributed by atoms with van der Waals surface area (Å²) in [6, 6.07) is 4.00. The van der Waals surface area contributed by atoms with Gasteiger partial charge in [0.25, 0.3) is 5.91 Å². The summed E-state index contributed by atoms with van der Waals surface area (Å²) in [4.78, 5) is 10.3. The van der Waals surface area contributed by atoms with Gasteiger partial charge in [-0.15, -0.1) is 0 Å². The average molecular weight is 198 g/mol. The summed E-state index contributed by atoms with van der Waals surface area (Å²) < 4.78 is 12.8. The third kappa shape index (κ3) is 2.77. The molecular formula is C9H5ClFNO. The predicted molar refractivity (Wildman–Crippen MR) is 47.5 cm³/mol. The highest BCUT2D eigenvalue weighted by molar-refractivity contribution is 6.30. The molecule has 2 N–H and O–H groups in total. The van der Waals surface area contributed by atoms with Crippen molar-refractivity contribution in [3.8, 4) is 11.8 Å². The number of hydrogen-bond donors (Lipinski definition) is 1. The first-order valence-corrected chi connectivity index (χ1v) is 3.74. The van der Waals surface area contributed by atoms with Crippen molar-refractivity contribution < 1.29 is 9.18 Å². The van der Waals surface area contributed by atoms with Crippen molar-refractivity contribution in [1.29, 1.82) is 0 Å². The monoisotopic (exact) mass is 197 g/mol. The maximum atomic E-state index is 12.8. The number of rotatable bonds is 0. The van der Waals surface area contributed by atoms with Crippen molar-refractivity contribution in [3.05, 3.63) is 34.6 Å². The molecule has 0 saturated heterocycles. The summed E-state index contributed by atoms with van der Waals surface area (Å²) in [7, 11) is 0. The van der Waals surface area contributed by atoms with Crippen LogP contribution in [0.2, 0.25) is 5.02 Å². The Morgan fingerprint density at radius 3 is 2.77 bits per heavy atom. The molecule has 66 valence electrons. The minimum absolute atomic E-state index is 0.0182. The molecule has 0 fully saturated rings.